The van der Waals surface area contributed by atoms with Gasteiger partial charge in [0.15, 0.2) is 4.80 Å². The minimum absolute atomic E-state index is 0.181. The number of nitrogens with zero attached hydrogens (tertiary/aromatic N) is 2. The molecule has 5 aromatic rings. The number of fused-ring (bicyclic) bond motifs is 1. The fourth-order valence-electron chi connectivity index (χ4n) is 5.51. The van der Waals surface area contributed by atoms with Gasteiger partial charge in [-0.1, -0.05) is 115 Å². The van der Waals surface area contributed by atoms with Crippen molar-refractivity contribution in [3.05, 3.63) is 160 Å². The van der Waals surface area contributed by atoms with Gasteiger partial charge in [0.05, 0.1) is 28.5 Å². The molecule has 0 saturated carbocycles. The van der Waals surface area contributed by atoms with Gasteiger partial charge in [-0.15, -0.1) is 0 Å². The highest BCUT2D eigenvalue weighted by molar-refractivity contribution is 7.07. The number of thiazole rings is 1. The molecule has 1 atom stereocenters. The Labute approximate surface area is 286 Å². The van der Waals surface area contributed by atoms with E-state index in [1.54, 1.807) is 41.8 Å². The van der Waals surface area contributed by atoms with Crippen LogP contribution in [0.3, 0.4) is 0 Å². The predicted octanol–water partition coefficient (Wildman–Crippen LogP) is 7.94. The third-order valence-corrected chi connectivity index (χ3v) is 9.29. The summed E-state index contributed by atoms with van der Waals surface area (Å²) >= 11 is 13.8. The summed E-state index contributed by atoms with van der Waals surface area (Å²) in [6.45, 7) is 6.47. The van der Waals surface area contributed by atoms with E-state index in [4.69, 9.17) is 37.7 Å². The lowest BCUT2D eigenvalue weighted by atomic mass is 9.91. The molecule has 0 radical (unpaired) electrons. The standard InChI is InChI=1S/C38H32Cl2N2O4S/c1-4-45-37(44)33-34(26-10-6-5-7-11-26)41-38-42(35(33)27-15-13-25(14-16-27)23(2)3)36(43)32(47-38)21-28-20-30(40)17-18-31(28)46-22-24-9-8-12-29(39)19-24/h5-21,23,35H,4,22H2,1-3H3/t35-/m1/s1. The first-order chi connectivity index (χ1) is 22.7. The second-order valence-electron chi connectivity index (χ2n) is 11.4. The summed E-state index contributed by atoms with van der Waals surface area (Å²) in [6, 6.07) is 29.5. The number of esters is 1. The summed E-state index contributed by atoms with van der Waals surface area (Å²) in [4.78, 5) is 33.5. The molecule has 1 aliphatic heterocycles. The van der Waals surface area contributed by atoms with Crippen LogP contribution >= 0.6 is 34.5 Å². The number of hydrogen-bond acceptors (Lipinski definition) is 6. The Morgan fingerprint density at radius 1 is 0.957 bits per heavy atom. The van der Waals surface area contributed by atoms with Crippen LogP contribution in [0.2, 0.25) is 10.0 Å². The first-order valence-corrected chi connectivity index (χ1v) is 16.9. The molecule has 4 aromatic carbocycles. The summed E-state index contributed by atoms with van der Waals surface area (Å²) in [5, 5.41) is 1.12. The van der Waals surface area contributed by atoms with Crippen LogP contribution in [0, 0.1) is 0 Å². The van der Waals surface area contributed by atoms with Gasteiger partial charge in [-0.05, 0) is 65.9 Å². The summed E-state index contributed by atoms with van der Waals surface area (Å²) in [7, 11) is 0. The van der Waals surface area contributed by atoms with Crippen LogP contribution in [0.4, 0.5) is 0 Å². The minimum Gasteiger partial charge on any atom is -0.488 e. The monoisotopic (exact) mass is 682 g/mol. The predicted molar refractivity (Wildman–Crippen MR) is 189 cm³/mol. The maximum absolute atomic E-state index is 14.4. The lowest BCUT2D eigenvalue weighted by Gasteiger charge is -2.26. The topological polar surface area (TPSA) is 69.9 Å². The minimum atomic E-state index is -0.762. The van der Waals surface area contributed by atoms with Gasteiger partial charge in [0, 0.05) is 21.2 Å². The van der Waals surface area contributed by atoms with E-state index in [1.807, 2.05) is 72.8 Å². The molecule has 0 unspecified atom stereocenters. The Kier molecular flexibility index (Phi) is 9.78. The molecular weight excluding hydrogens is 651 g/mol. The second-order valence-corrected chi connectivity index (χ2v) is 13.2. The van der Waals surface area contributed by atoms with Crippen LogP contribution in [-0.4, -0.2) is 17.1 Å². The molecule has 238 valence electrons. The number of hydrogen-bond donors (Lipinski definition) is 0. The molecule has 0 bridgehead atoms. The van der Waals surface area contributed by atoms with Gasteiger partial charge < -0.3 is 9.47 Å². The fraction of sp³-hybridized carbons (Fsp3) is 0.184. The van der Waals surface area contributed by atoms with Gasteiger partial charge in [-0.2, -0.15) is 0 Å². The van der Waals surface area contributed by atoms with Crippen LogP contribution < -0.4 is 19.6 Å². The smallest absolute Gasteiger partial charge is 0.338 e. The van der Waals surface area contributed by atoms with Gasteiger partial charge in [0.25, 0.3) is 5.56 Å². The SMILES string of the molecule is CCOC(=O)C1=C(c2ccccc2)N=c2sc(=Cc3cc(Cl)ccc3OCc3cccc(Cl)c3)c(=O)n2[C@@H]1c1ccc(C(C)C)cc1. The molecule has 0 amide bonds. The average molecular weight is 684 g/mol. The largest absolute Gasteiger partial charge is 0.488 e. The van der Waals surface area contributed by atoms with Crippen LogP contribution in [0.25, 0.3) is 11.8 Å². The summed E-state index contributed by atoms with van der Waals surface area (Å²) in [5.41, 5.74) is 4.71. The number of carbonyl (C=O) groups is 1. The molecule has 0 fully saturated rings. The average Bonchev–Trinajstić information content (AvgIpc) is 3.38. The highest BCUT2D eigenvalue weighted by Crippen LogP contribution is 2.36. The zero-order valence-electron chi connectivity index (χ0n) is 26.1. The lowest BCUT2D eigenvalue weighted by molar-refractivity contribution is -0.138. The molecular formula is C38H32Cl2N2O4S. The summed E-state index contributed by atoms with van der Waals surface area (Å²) in [5.74, 6) is 0.353. The van der Waals surface area contributed by atoms with Gasteiger partial charge in [0.2, 0.25) is 0 Å². The zero-order valence-corrected chi connectivity index (χ0v) is 28.4. The molecule has 2 heterocycles. The van der Waals surface area contributed by atoms with Crippen molar-refractivity contribution in [3.8, 4) is 5.75 Å². The van der Waals surface area contributed by atoms with Crippen LogP contribution in [0.5, 0.6) is 5.75 Å². The molecule has 6 rings (SSSR count). The van der Waals surface area contributed by atoms with Crippen molar-refractivity contribution in [2.45, 2.75) is 39.3 Å². The number of carbonyl (C=O) groups excluding carboxylic acids is 1. The Balaban J connectivity index is 1.54. The molecule has 1 aromatic heterocycles. The Bertz CT molecular complexity index is 2150. The molecule has 9 heteroatoms. The van der Waals surface area contributed by atoms with Crippen LogP contribution in [-0.2, 0) is 16.1 Å². The van der Waals surface area contributed by atoms with Gasteiger partial charge in [0.1, 0.15) is 12.4 Å². The first kappa shape index (κ1) is 32.5. The third-order valence-electron chi connectivity index (χ3n) is 7.83. The fourth-order valence-corrected chi connectivity index (χ4v) is 6.90. The third kappa shape index (κ3) is 6.98. The number of halogens is 2. The first-order valence-electron chi connectivity index (χ1n) is 15.3. The van der Waals surface area contributed by atoms with Crippen molar-refractivity contribution in [2.75, 3.05) is 6.61 Å². The van der Waals surface area contributed by atoms with E-state index in [0.717, 1.165) is 22.3 Å². The number of ether oxygens (including phenoxy) is 2. The highest BCUT2D eigenvalue weighted by Gasteiger charge is 2.35. The van der Waals surface area contributed by atoms with Crippen molar-refractivity contribution < 1.29 is 14.3 Å². The quantitative estimate of drug-likeness (QED) is 0.148. The van der Waals surface area contributed by atoms with Crippen molar-refractivity contribution in [1.82, 2.24) is 4.57 Å². The highest BCUT2D eigenvalue weighted by atomic mass is 35.5. The van der Waals surface area contributed by atoms with Crippen molar-refractivity contribution >= 4 is 52.3 Å². The van der Waals surface area contributed by atoms with E-state index in [-0.39, 0.29) is 18.8 Å². The molecule has 0 N–H and O–H groups in total. The van der Waals surface area contributed by atoms with E-state index in [9.17, 15) is 9.59 Å². The van der Waals surface area contributed by atoms with E-state index < -0.39 is 12.0 Å². The lowest BCUT2D eigenvalue weighted by Crippen LogP contribution is -2.40. The van der Waals surface area contributed by atoms with E-state index in [0.29, 0.717) is 47.9 Å². The Morgan fingerprint density at radius 2 is 1.70 bits per heavy atom. The Hall–Kier alpha value is -4.43. The van der Waals surface area contributed by atoms with Crippen molar-refractivity contribution in [2.24, 2.45) is 4.99 Å². The van der Waals surface area contributed by atoms with Crippen molar-refractivity contribution in [3.63, 3.8) is 0 Å². The maximum Gasteiger partial charge on any atom is 0.338 e. The normalized spacial score (nSPS) is 14.6. The van der Waals surface area contributed by atoms with Gasteiger partial charge in [-0.25, -0.2) is 9.79 Å². The van der Waals surface area contributed by atoms with E-state index in [1.165, 1.54) is 11.3 Å². The molecule has 0 spiro atoms. The summed E-state index contributed by atoms with van der Waals surface area (Å²) < 4.78 is 13.8. The second kappa shape index (κ2) is 14.1. The number of aromatic nitrogens is 1. The van der Waals surface area contributed by atoms with Gasteiger partial charge in [-0.3, -0.25) is 9.36 Å². The Morgan fingerprint density at radius 3 is 2.40 bits per heavy atom. The molecule has 1 aliphatic rings. The molecule has 47 heavy (non-hydrogen) atoms. The zero-order chi connectivity index (χ0) is 33.1. The van der Waals surface area contributed by atoms with E-state index in [2.05, 4.69) is 13.8 Å². The summed E-state index contributed by atoms with van der Waals surface area (Å²) in [6.07, 6.45) is 1.76. The molecule has 6 nitrogen and oxygen atoms in total. The van der Waals surface area contributed by atoms with Crippen LogP contribution in [0.15, 0.2) is 112 Å². The number of benzene rings is 4. The van der Waals surface area contributed by atoms with Gasteiger partial charge >= 0.3 is 5.97 Å². The molecule has 0 saturated heterocycles. The van der Waals surface area contributed by atoms with Crippen molar-refractivity contribution in [1.29, 1.82) is 0 Å². The number of rotatable bonds is 9. The molecule has 0 aliphatic carbocycles. The van der Waals surface area contributed by atoms with E-state index >= 15 is 0 Å². The van der Waals surface area contributed by atoms with Crippen LogP contribution in [0.1, 0.15) is 60.5 Å². The maximum atomic E-state index is 14.4.